The third kappa shape index (κ3) is 3.55. The number of halogens is 1. The van der Waals surface area contributed by atoms with E-state index < -0.39 is 0 Å². The topological polar surface area (TPSA) is 21.3 Å². The van der Waals surface area contributed by atoms with Gasteiger partial charge in [-0.05, 0) is 43.3 Å². The average Bonchev–Trinajstić information content (AvgIpc) is 2.44. The van der Waals surface area contributed by atoms with E-state index in [0.717, 1.165) is 11.3 Å². The van der Waals surface area contributed by atoms with Gasteiger partial charge in [-0.2, -0.15) is 0 Å². The Kier molecular flexibility index (Phi) is 4.53. The van der Waals surface area contributed by atoms with Crippen molar-refractivity contribution >= 4 is 0 Å². The summed E-state index contributed by atoms with van der Waals surface area (Å²) >= 11 is 0. The summed E-state index contributed by atoms with van der Waals surface area (Å²) in [5.74, 6) is 0.632. The first-order valence-electron chi connectivity index (χ1n) is 6.32. The second-order valence-electron chi connectivity index (χ2n) is 4.47. The van der Waals surface area contributed by atoms with Crippen LogP contribution in [0.2, 0.25) is 0 Å². The van der Waals surface area contributed by atoms with Gasteiger partial charge in [0, 0.05) is 0 Å². The fraction of sp³-hybridized carbons (Fsp3) is 0.250. The molecule has 1 N–H and O–H groups in total. The summed E-state index contributed by atoms with van der Waals surface area (Å²) in [6.45, 7) is 2.22. The monoisotopic (exact) mass is 259 g/mol. The molecule has 0 saturated heterocycles. The number of hydrogen-bond donors (Lipinski definition) is 1. The van der Waals surface area contributed by atoms with Crippen molar-refractivity contribution in [2.24, 2.45) is 0 Å². The van der Waals surface area contributed by atoms with Gasteiger partial charge in [0.25, 0.3) is 0 Å². The van der Waals surface area contributed by atoms with Crippen LogP contribution < -0.4 is 10.1 Å². The number of hydrogen-bond acceptors (Lipinski definition) is 2. The van der Waals surface area contributed by atoms with Crippen molar-refractivity contribution in [2.45, 2.75) is 13.0 Å². The molecule has 0 bridgehead atoms. The minimum Gasteiger partial charge on any atom is -0.492 e. The molecule has 0 heterocycles. The Hall–Kier alpha value is -1.87. The first kappa shape index (κ1) is 13.6. The van der Waals surface area contributed by atoms with Gasteiger partial charge in [0.1, 0.15) is 18.2 Å². The quantitative estimate of drug-likeness (QED) is 0.887. The fourth-order valence-electron chi connectivity index (χ4n) is 1.87. The van der Waals surface area contributed by atoms with Crippen LogP contribution in [0.3, 0.4) is 0 Å². The average molecular weight is 259 g/mol. The van der Waals surface area contributed by atoms with E-state index in [4.69, 9.17) is 4.74 Å². The zero-order valence-electron chi connectivity index (χ0n) is 11.2. The van der Waals surface area contributed by atoms with Gasteiger partial charge in [0.05, 0.1) is 6.04 Å². The molecule has 0 fully saturated rings. The number of rotatable bonds is 5. The molecule has 2 nitrogen and oxygen atoms in total. The molecule has 2 aromatic carbocycles. The lowest BCUT2D eigenvalue weighted by Gasteiger charge is -2.18. The summed E-state index contributed by atoms with van der Waals surface area (Å²) in [5.41, 5.74) is 1.55. The highest BCUT2D eigenvalue weighted by Crippen LogP contribution is 2.18. The van der Waals surface area contributed by atoms with Gasteiger partial charge in [-0.3, -0.25) is 0 Å². The predicted octanol–water partition coefficient (Wildman–Crippen LogP) is 3.47. The highest BCUT2D eigenvalue weighted by Gasteiger charge is 2.11. The van der Waals surface area contributed by atoms with E-state index in [2.05, 4.69) is 5.32 Å². The van der Waals surface area contributed by atoms with Gasteiger partial charge < -0.3 is 10.1 Å². The van der Waals surface area contributed by atoms with E-state index in [9.17, 15) is 4.39 Å². The van der Waals surface area contributed by atoms with Gasteiger partial charge in [0.2, 0.25) is 0 Å². The number of benzene rings is 2. The summed E-state index contributed by atoms with van der Waals surface area (Å²) in [6, 6.07) is 14.8. The van der Waals surface area contributed by atoms with Gasteiger partial charge in [-0.25, -0.2) is 4.39 Å². The molecular formula is C16H18FNO. The molecule has 0 amide bonds. The van der Waals surface area contributed by atoms with Crippen molar-refractivity contribution < 1.29 is 9.13 Å². The SMILES string of the molecule is CNC(COc1ccccc1)c1ccc(C)c(F)c1. The molecular weight excluding hydrogens is 241 g/mol. The van der Waals surface area contributed by atoms with Crippen molar-refractivity contribution in [3.8, 4) is 5.75 Å². The molecule has 0 aliphatic heterocycles. The Morgan fingerprint density at radius 1 is 1.16 bits per heavy atom. The minimum atomic E-state index is -0.183. The third-order valence-corrected chi connectivity index (χ3v) is 3.11. The molecule has 0 saturated carbocycles. The smallest absolute Gasteiger partial charge is 0.126 e. The third-order valence-electron chi connectivity index (χ3n) is 3.11. The normalized spacial score (nSPS) is 12.2. The zero-order valence-corrected chi connectivity index (χ0v) is 11.2. The van der Waals surface area contributed by atoms with Gasteiger partial charge >= 0.3 is 0 Å². The molecule has 0 aromatic heterocycles. The number of nitrogens with one attached hydrogen (secondary N) is 1. The summed E-state index contributed by atoms with van der Waals surface area (Å²) in [5, 5.41) is 3.14. The molecule has 0 radical (unpaired) electrons. The summed E-state index contributed by atoms with van der Waals surface area (Å²) < 4.78 is 19.3. The zero-order chi connectivity index (χ0) is 13.7. The molecule has 19 heavy (non-hydrogen) atoms. The second kappa shape index (κ2) is 6.34. The lowest BCUT2D eigenvalue weighted by atomic mass is 10.1. The standard InChI is InChI=1S/C16H18FNO/c1-12-8-9-13(10-15(12)17)16(18-2)11-19-14-6-4-3-5-7-14/h3-10,16,18H,11H2,1-2H3. The molecule has 100 valence electrons. The number of likely N-dealkylation sites (N-methyl/N-ethyl adjacent to an activating group) is 1. The Morgan fingerprint density at radius 3 is 2.53 bits per heavy atom. The van der Waals surface area contributed by atoms with Crippen LogP contribution in [0.4, 0.5) is 4.39 Å². The first-order chi connectivity index (χ1) is 9.20. The maximum absolute atomic E-state index is 13.6. The Labute approximate surface area is 113 Å². The first-order valence-corrected chi connectivity index (χ1v) is 6.32. The van der Waals surface area contributed by atoms with Gasteiger partial charge in [0.15, 0.2) is 0 Å². The molecule has 3 heteroatoms. The second-order valence-corrected chi connectivity index (χ2v) is 4.47. The van der Waals surface area contributed by atoms with Crippen LogP contribution in [0.5, 0.6) is 5.75 Å². The van der Waals surface area contributed by atoms with Crippen molar-refractivity contribution in [2.75, 3.05) is 13.7 Å². The van der Waals surface area contributed by atoms with Gasteiger partial charge in [-0.15, -0.1) is 0 Å². The van der Waals surface area contributed by atoms with Crippen molar-refractivity contribution in [3.63, 3.8) is 0 Å². The Bertz CT molecular complexity index is 528. The molecule has 1 unspecified atom stereocenters. The van der Waals surface area contributed by atoms with Crippen LogP contribution in [0.25, 0.3) is 0 Å². The van der Waals surface area contributed by atoms with Crippen LogP contribution in [-0.4, -0.2) is 13.7 Å². The van der Waals surface area contributed by atoms with Crippen molar-refractivity contribution in [3.05, 3.63) is 65.5 Å². The number of para-hydroxylation sites is 1. The Balaban J connectivity index is 2.05. The van der Waals surface area contributed by atoms with Crippen LogP contribution in [0.15, 0.2) is 48.5 Å². The van der Waals surface area contributed by atoms with Crippen LogP contribution >= 0.6 is 0 Å². The van der Waals surface area contributed by atoms with E-state index in [1.807, 2.05) is 43.4 Å². The Morgan fingerprint density at radius 2 is 1.89 bits per heavy atom. The predicted molar refractivity (Wildman–Crippen MR) is 74.9 cm³/mol. The fourth-order valence-corrected chi connectivity index (χ4v) is 1.87. The molecule has 2 rings (SSSR count). The highest BCUT2D eigenvalue weighted by atomic mass is 19.1. The minimum absolute atomic E-state index is 0.0321. The summed E-state index contributed by atoms with van der Waals surface area (Å²) in [6.07, 6.45) is 0. The maximum atomic E-state index is 13.6. The molecule has 2 aromatic rings. The van der Waals surface area contributed by atoms with Crippen molar-refractivity contribution in [1.82, 2.24) is 5.32 Å². The van der Waals surface area contributed by atoms with Crippen LogP contribution in [0, 0.1) is 12.7 Å². The lowest BCUT2D eigenvalue weighted by molar-refractivity contribution is 0.273. The number of ether oxygens (including phenoxy) is 1. The molecule has 0 aliphatic carbocycles. The highest BCUT2D eigenvalue weighted by molar-refractivity contribution is 5.26. The summed E-state index contributed by atoms with van der Waals surface area (Å²) in [7, 11) is 1.84. The van der Waals surface area contributed by atoms with Crippen molar-refractivity contribution in [1.29, 1.82) is 0 Å². The van der Waals surface area contributed by atoms with E-state index >= 15 is 0 Å². The lowest BCUT2D eigenvalue weighted by Crippen LogP contribution is -2.23. The maximum Gasteiger partial charge on any atom is 0.126 e. The van der Waals surface area contributed by atoms with E-state index in [1.54, 1.807) is 19.1 Å². The van der Waals surface area contributed by atoms with Crippen LogP contribution in [0.1, 0.15) is 17.2 Å². The van der Waals surface area contributed by atoms with E-state index in [1.165, 1.54) is 0 Å². The number of aryl methyl sites for hydroxylation is 1. The molecule has 1 atom stereocenters. The van der Waals surface area contributed by atoms with E-state index in [0.29, 0.717) is 12.2 Å². The molecule has 0 aliphatic rings. The van der Waals surface area contributed by atoms with E-state index in [-0.39, 0.29) is 11.9 Å². The largest absolute Gasteiger partial charge is 0.492 e. The summed E-state index contributed by atoms with van der Waals surface area (Å²) in [4.78, 5) is 0. The van der Waals surface area contributed by atoms with Gasteiger partial charge in [-0.1, -0.05) is 30.3 Å². The molecule has 0 spiro atoms. The van der Waals surface area contributed by atoms with Crippen LogP contribution in [-0.2, 0) is 0 Å².